The first-order chi connectivity index (χ1) is 6.72. The Morgan fingerprint density at radius 2 is 1.67 bits per heavy atom. The Kier molecular flexibility index (Phi) is 2.75. The first kappa shape index (κ1) is 11.6. The largest absolute Gasteiger partial charge is 0.536 e. The Labute approximate surface area is 81.8 Å². The Hall–Kier alpha value is -1.51. The first-order valence-electron chi connectivity index (χ1n) is 3.42. The maximum absolute atomic E-state index is 11.8. The molecule has 0 N–H and O–H groups in total. The minimum absolute atomic E-state index is 0.268. The third-order valence-corrected chi connectivity index (χ3v) is 2.17. The van der Waals surface area contributed by atoms with Crippen molar-refractivity contribution in [3.05, 3.63) is 34.7 Å². The number of hydrogen-bond donors (Lipinski definition) is 0. The van der Waals surface area contributed by atoms with Crippen LogP contribution in [0.25, 0.3) is 0 Å². The fourth-order valence-electron chi connectivity index (χ4n) is 0.604. The molecule has 1 heterocycles. The quantitative estimate of drug-likeness (QED) is 0.692. The van der Waals surface area contributed by atoms with Gasteiger partial charge in [0.05, 0.1) is 0 Å². The number of hydrogen-bond acceptors (Lipinski definition) is 4. The Morgan fingerprint density at radius 3 is 2.07 bits per heavy atom. The highest BCUT2D eigenvalue weighted by Gasteiger charge is 2.49. The van der Waals surface area contributed by atoms with Gasteiger partial charge in [0.15, 0.2) is 5.43 Å². The van der Waals surface area contributed by atoms with Gasteiger partial charge >= 0.3 is 15.6 Å². The monoisotopic (exact) mass is 243 g/mol. The number of rotatable bonds is 2. The molecule has 1 aromatic rings. The average molecular weight is 243 g/mol. The summed E-state index contributed by atoms with van der Waals surface area (Å²) in [5.74, 6) is 0. The van der Waals surface area contributed by atoms with E-state index in [1.165, 1.54) is 0 Å². The van der Waals surface area contributed by atoms with E-state index in [4.69, 9.17) is 0 Å². The Morgan fingerprint density at radius 1 is 1.20 bits per heavy atom. The Bertz CT molecular complexity index is 483. The average Bonchev–Trinajstić information content (AvgIpc) is 2.06. The molecule has 0 aliphatic heterocycles. The molecule has 0 amide bonds. The number of nitrogens with zero attached hydrogens (tertiary/aromatic N) is 1. The fourth-order valence-corrected chi connectivity index (χ4v) is 1.01. The van der Waals surface area contributed by atoms with Crippen molar-refractivity contribution in [2.24, 2.45) is 0 Å². The van der Waals surface area contributed by atoms with Crippen LogP contribution in [0.15, 0.2) is 29.3 Å². The standard InChI is InChI=1S/C6H4F3NO4S/c7-6(8,9)15(12,13)14-10-3-1-5(11)2-4-10/h1-4H. The van der Waals surface area contributed by atoms with Gasteiger partial charge in [-0.25, -0.2) is 0 Å². The van der Waals surface area contributed by atoms with Gasteiger partial charge in [0.1, 0.15) is 0 Å². The van der Waals surface area contributed by atoms with E-state index < -0.39 is 21.1 Å². The second kappa shape index (κ2) is 3.57. The van der Waals surface area contributed by atoms with Gasteiger partial charge in [-0.1, -0.05) is 0 Å². The molecule has 0 unspecified atom stereocenters. The fraction of sp³-hybridized carbons (Fsp3) is 0.167. The van der Waals surface area contributed by atoms with Crippen LogP contribution in [0, 0.1) is 0 Å². The van der Waals surface area contributed by atoms with Crippen molar-refractivity contribution < 1.29 is 25.9 Å². The van der Waals surface area contributed by atoms with Crippen molar-refractivity contribution in [1.29, 1.82) is 0 Å². The molecule has 0 saturated heterocycles. The number of aromatic nitrogens is 1. The van der Waals surface area contributed by atoms with Gasteiger partial charge in [0.2, 0.25) is 0 Å². The van der Waals surface area contributed by atoms with Crippen molar-refractivity contribution in [3.63, 3.8) is 0 Å². The highest BCUT2D eigenvalue weighted by molar-refractivity contribution is 7.87. The summed E-state index contributed by atoms with van der Waals surface area (Å²) >= 11 is 0. The lowest BCUT2D eigenvalue weighted by Gasteiger charge is -2.09. The molecule has 0 radical (unpaired) electrons. The highest BCUT2D eigenvalue weighted by atomic mass is 32.2. The lowest BCUT2D eigenvalue weighted by Crippen LogP contribution is -2.33. The van der Waals surface area contributed by atoms with Crippen LogP contribution in [0.1, 0.15) is 0 Å². The molecule has 0 aliphatic rings. The smallest absolute Gasteiger partial charge is 0.290 e. The van der Waals surface area contributed by atoms with E-state index in [0.29, 0.717) is 0 Å². The lowest BCUT2D eigenvalue weighted by atomic mass is 10.5. The summed E-state index contributed by atoms with van der Waals surface area (Å²) in [6.07, 6.45) is 1.51. The molecule has 0 spiro atoms. The summed E-state index contributed by atoms with van der Waals surface area (Å²) in [5, 5.41) is 0. The molecule has 0 aromatic carbocycles. The molecule has 5 nitrogen and oxygen atoms in total. The van der Waals surface area contributed by atoms with E-state index in [1.807, 2.05) is 0 Å². The Balaban J connectivity index is 2.98. The van der Waals surface area contributed by atoms with Gasteiger partial charge < -0.3 is 0 Å². The molecule has 15 heavy (non-hydrogen) atoms. The SMILES string of the molecule is O=c1ccn(OS(=O)(=O)C(F)(F)F)cc1. The van der Waals surface area contributed by atoms with Crippen LogP contribution in [-0.4, -0.2) is 18.7 Å². The van der Waals surface area contributed by atoms with E-state index in [-0.39, 0.29) is 4.73 Å². The molecular weight excluding hydrogens is 239 g/mol. The summed E-state index contributed by atoms with van der Waals surface area (Å²) in [6, 6.07) is 1.71. The summed E-state index contributed by atoms with van der Waals surface area (Å²) in [7, 11) is -5.70. The van der Waals surface area contributed by atoms with E-state index in [0.717, 1.165) is 24.5 Å². The lowest BCUT2D eigenvalue weighted by molar-refractivity contribution is -0.0547. The molecule has 9 heteroatoms. The number of pyridine rings is 1. The third kappa shape index (κ3) is 2.72. The molecule has 84 valence electrons. The summed E-state index contributed by atoms with van der Waals surface area (Å²) in [4.78, 5) is 10.5. The summed E-state index contributed by atoms with van der Waals surface area (Å²) in [5.41, 5.74) is -5.99. The zero-order valence-electron chi connectivity index (χ0n) is 6.93. The van der Waals surface area contributed by atoms with Gasteiger partial charge in [-0.3, -0.25) is 9.08 Å². The van der Waals surface area contributed by atoms with E-state index in [1.54, 1.807) is 0 Å². The molecule has 1 aromatic heterocycles. The maximum Gasteiger partial charge on any atom is 0.536 e. The predicted octanol–water partition coefficient (Wildman–Crippen LogP) is 0.127. The van der Waals surface area contributed by atoms with Gasteiger partial charge in [-0.05, 0) is 0 Å². The van der Waals surface area contributed by atoms with Crippen molar-refractivity contribution >= 4 is 10.1 Å². The van der Waals surface area contributed by atoms with Crippen LogP contribution < -0.4 is 9.71 Å². The van der Waals surface area contributed by atoms with Crippen molar-refractivity contribution in [1.82, 2.24) is 4.73 Å². The third-order valence-electron chi connectivity index (χ3n) is 1.24. The molecule has 0 aliphatic carbocycles. The zero-order valence-corrected chi connectivity index (χ0v) is 7.75. The van der Waals surface area contributed by atoms with Gasteiger partial charge in [-0.2, -0.15) is 26.3 Å². The van der Waals surface area contributed by atoms with Crippen LogP contribution in [0.3, 0.4) is 0 Å². The molecule has 1 rings (SSSR count). The number of alkyl halides is 3. The second-order valence-electron chi connectivity index (χ2n) is 2.37. The molecule has 0 atom stereocenters. The first-order valence-corrected chi connectivity index (χ1v) is 4.83. The zero-order chi connectivity index (χ0) is 11.7. The topological polar surface area (TPSA) is 65.4 Å². The molecule has 0 saturated carbocycles. The maximum atomic E-state index is 11.8. The summed E-state index contributed by atoms with van der Waals surface area (Å²) < 4.78 is 60.3. The minimum Gasteiger partial charge on any atom is -0.290 e. The predicted molar refractivity (Wildman–Crippen MR) is 42.3 cm³/mol. The van der Waals surface area contributed by atoms with Crippen LogP contribution >= 0.6 is 0 Å². The van der Waals surface area contributed by atoms with Crippen molar-refractivity contribution in [2.45, 2.75) is 5.51 Å². The van der Waals surface area contributed by atoms with Crippen molar-refractivity contribution in [2.75, 3.05) is 0 Å². The molecular formula is C6H4F3NO4S. The minimum atomic E-state index is -5.70. The van der Waals surface area contributed by atoms with Gasteiger partial charge in [0, 0.05) is 24.5 Å². The molecule has 0 bridgehead atoms. The number of halogens is 3. The van der Waals surface area contributed by atoms with Crippen LogP contribution in [0.5, 0.6) is 0 Å². The second-order valence-corrected chi connectivity index (χ2v) is 3.89. The van der Waals surface area contributed by atoms with Gasteiger partial charge in [-0.15, -0.1) is 0 Å². The molecule has 0 fully saturated rings. The van der Waals surface area contributed by atoms with Crippen LogP contribution in [-0.2, 0) is 10.1 Å². The van der Waals surface area contributed by atoms with E-state index in [2.05, 4.69) is 4.28 Å². The van der Waals surface area contributed by atoms with Crippen molar-refractivity contribution in [3.8, 4) is 0 Å². The highest BCUT2D eigenvalue weighted by Crippen LogP contribution is 2.22. The van der Waals surface area contributed by atoms with E-state index in [9.17, 15) is 26.4 Å². The van der Waals surface area contributed by atoms with Crippen LogP contribution in [0.2, 0.25) is 0 Å². The normalized spacial score (nSPS) is 12.5. The van der Waals surface area contributed by atoms with E-state index >= 15 is 0 Å². The summed E-state index contributed by atoms with van der Waals surface area (Å²) in [6.45, 7) is 0. The van der Waals surface area contributed by atoms with Crippen LogP contribution in [0.4, 0.5) is 13.2 Å². The van der Waals surface area contributed by atoms with Gasteiger partial charge in [0.25, 0.3) is 0 Å².